The van der Waals surface area contributed by atoms with Crippen molar-refractivity contribution in [3.63, 3.8) is 0 Å². The number of aryl methyl sites for hydroxylation is 2. The average molecular weight is 392 g/mol. The Kier molecular flexibility index (Phi) is 8.28. The summed E-state index contributed by atoms with van der Waals surface area (Å²) in [7, 11) is 0. The Labute approximate surface area is 165 Å². The van der Waals surface area contributed by atoms with Crippen LogP contribution in [0.4, 0.5) is 17.6 Å². The first-order valence-corrected chi connectivity index (χ1v) is 9.91. The van der Waals surface area contributed by atoms with E-state index < -0.39 is 12.0 Å². The van der Waals surface area contributed by atoms with Crippen molar-refractivity contribution in [1.82, 2.24) is 0 Å². The van der Waals surface area contributed by atoms with Crippen molar-refractivity contribution in [3.05, 3.63) is 76.6 Å². The maximum Gasteiger partial charge on any atom is 0.409 e. The molecule has 0 amide bonds. The van der Waals surface area contributed by atoms with Crippen LogP contribution in [0.3, 0.4) is 0 Å². The molecule has 0 aliphatic rings. The van der Waals surface area contributed by atoms with Crippen LogP contribution in [0.15, 0.2) is 48.5 Å². The molecular formula is C24H28F4. The summed E-state index contributed by atoms with van der Waals surface area (Å²) in [4.78, 5) is 0. The molecule has 0 nitrogen and oxygen atoms in total. The second kappa shape index (κ2) is 10.4. The van der Waals surface area contributed by atoms with E-state index in [-0.39, 0.29) is 11.6 Å². The minimum atomic E-state index is -4.43. The molecule has 2 rings (SSSR count). The molecule has 0 radical (unpaired) electrons. The first kappa shape index (κ1) is 22.2. The van der Waals surface area contributed by atoms with Gasteiger partial charge in [-0.05, 0) is 66.9 Å². The summed E-state index contributed by atoms with van der Waals surface area (Å²) in [6, 6.07) is 13.2. The van der Waals surface area contributed by atoms with Gasteiger partial charge in [0.1, 0.15) is 5.82 Å². The number of alkyl halides is 3. The van der Waals surface area contributed by atoms with Gasteiger partial charge in [0.25, 0.3) is 0 Å². The van der Waals surface area contributed by atoms with E-state index in [1.54, 1.807) is 6.07 Å². The van der Waals surface area contributed by atoms with Crippen LogP contribution >= 0.6 is 0 Å². The zero-order valence-corrected chi connectivity index (χ0v) is 16.5. The van der Waals surface area contributed by atoms with Gasteiger partial charge >= 0.3 is 6.18 Å². The average Bonchev–Trinajstić information content (AvgIpc) is 2.64. The summed E-state index contributed by atoms with van der Waals surface area (Å²) in [6.07, 6.45) is 2.35. The standard InChI is InChI=1S/C24H28F4/c1-3-6-18(2)21-12-9-19(10-13-21)7-4-5-8-20-11-14-22(23(25)17-20)15-16-24(26,27)28/h9-18H,3-8H2,1-2H3/b16-15+. The summed E-state index contributed by atoms with van der Waals surface area (Å²) in [5, 5.41) is 0. The largest absolute Gasteiger partial charge is 0.409 e. The third-order valence-corrected chi connectivity index (χ3v) is 4.97. The van der Waals surface area contributed by atoms with Gasteiger partial charge in [-0.15, -0.1) is 0 Å². The minimum absolute atomic E-state index is 0.0431. The molecule has 0 aromatic heterocycles. The summed E-state index contributed by atoms with van der Waals surface area (Å²) in [6.45, 7) is 4.45. The molecule has 0 aliphatic heterocycles. The van der Waals surface area contributed by atoms with Crippen molar-refractivity contribution >= 4 is 6.08 Å². The Morgan fingerprint density at radius 3 is 2.11 bits per heavy atom. The van der Waals surface area contributed by atoms with E-state index in [2.05, 4.69) is 38.1 Å². The van der Waals surface area contributed by atoms with Crippen LogP contribution in [0.5, 0.6) is 0 Å². The van der Waals surface area contributed by atoms with Crippen molar-refractivity contribution in [2.24, 2.45) is 0 Å². The molecule has 2 aromatic rings. The first-order valence-electron chi connectivity index (χ1n) is 9.91. The number of halogens is 4. The van der Waals surface area contributed by atoms with E-state index in [9.17, 15) is 17.6 Å². The summed E-state index contributed by atoms with van der Waals surface area (Å²) in [5.41, 5.74) is 3.44. The number of allylic oxidation sites excluding steroid dienone is 1. The fourth-order valence-electron chi connectivity index (χ4n) is 3.32. The van der Waals surface area contributed by atoms with E-state index in [0.29, 0.717) is 12.3 Å². The molecule has 1 atom stereocenters. The molecule has 1 unspecified atom stereocenters. The van der Waals surface area contributed by atoms with E-state index >= 15 is 0 Å². The van der Waals surface area contributed by atoms with Crippen LogP contribution < -0.4 is 0 Å². The second-order valence-corrected chi connectivity index (χ2v) is 7.37. The molecule has 0 bridgehead atoms. The van der Waals surface area contributed by atoms with Gasteiger partial charge in [-0.2, -0.15) is 13.2 Å². The monoisotopic (exact) mass is 392 g/mol. The molecule has 0 aliphatic carbocycles. The smallest absolute Gasteiger partial charge is 0.206 e. The number of hydrogen-bond acceptors (Lipinski definition) is 0. The van der Waals surface area contributed by atoms with Crippen LogP contribution in [0, 0.1) is 5.82 Å². The summed E-state index contributed by atoms with van der Waals surface area (Å²) < 4.78 is 50.5. The van der Waals surface area contributed by atoms with Crippen LogP contribution in [0.2, 0.25) is 0 Å². The zero-order valence-electron chi connectivity index (χ0n) is 16.5. The lowest BCUT2D eigenvalue weighted by Gasteiger charge is -2.11. The molecule has 0 heterocycles. The minimum Gasteiger partial charge on any atom is -0.206 e. The Balaban J connectivity index is 1.80. The van der Waals surface area contributed by atoms with Crippen molar-refractivity contribution in [3.8, 4) is 0 Å². The second-order valence-electron chi connectivity index (χ2n) is 7.37. The van der Waals surface area contributed by atoms with Gasteiger partial charge < -0.3 is 0 Å². The Morgan fingerprint density at radius 1 is 0.929 bits per heavy atom. The molecule has 0 saturated heterocycles. The highest BCUT2D eigenvalue weighted by molar-refractivity contribution is 5.51. The van der Waals surface area contributed by atoms with Crippen molar-refractivity contribution in [1.29, 1.82) is 0 Å². The van der Waals surface area contributed by atoms with Gasteiger partial charge in [0.15, 0.2) is 0 Å². The third-order valence-electron chi connectivity index (χ3n) is 4.97. The van der Waals surface area contributed by atoms with Crippen LogP contribution in [0.25, 0.3) is 6.08 Å². The van der Waals surface area contributed by atoms with Gasteiger partial charge in [0.05, 0.1) is 0 Å². The van der Waals surface area contributed by atoms with Crippen LogP contribution in [-0.2, 0) is 12.8 Å². The van der Waals surface area contributed by atoms with E-state index in [0.717, 1.165) is 30.9 Å². The molecule has 0 fully saturated rings. The first-order chi connectivity index (χ1) is 13.3. The maximum absolute atomic E-state index is 13.9. The van der Waals surface area contributed by atoms with E-state index in [4.69, 9.17) is 0 Å². The molecule has 0 N–H and O–H groups in total. The normalized spacial score (nSPS) is 13.2. The highest BCUT2D eigenvalue weighted by Crippen LogP contribution is 2.22. The fourth-order valence-corrected chi connectivity index (χ4v) is 3.32. The van der Waals surface area contributed by atoms with Crippen LogP contribution in [0.1, 0.15) is 67.7 Å². The summed E-state index contributed by atoms with van der Waals surface area (Å²) in [5.74, 6) is -0.0299. The van der Waals surface area contributed by atoms with Gasteiger partial charge in [-0.25, -0.2) is 4.39 Å². The SMILES string of the molecule is CCCC(C)c1ccc(CCCCc2ccc(/C=C/C(F)(F)F)c(F)c2)cc1. The number of benzene rings is 2. The lowest BCUT2D eigenvalue weighted by atomic mass is 9.94. The predicted molar refractivity (Wildman–Crippen MR) is 108 cm³/mol. The van der Waals surface area contributed by atoms with E-state index in [1.807, 2.05) is 0 Å². The van der Waals surface area contributed by atoms with Gasteiger partial charge in [-0.1, -0.05) is 56.7 Å². The molecule has 152 valence electrons. The molecular weight excluding hydrogens is 364 g/mol. The summed E-state index contributed by atoms with van der Waals surface area (Å²) >= 11 is 0. The Morgan fingerprint density at radius 2 is 1.54 bits per heavy atom. The fraction of sp³-hybridized carbons (Fsp3) is 0.417. The number of hydrogen-bond donors (Lipinski definition) is 0. The van der Waals surface area contributed by atoms with Crippen molar-refractivity contribution in [2.45, 2.75) is 64.5 Å². The maximum atomic E-state index is 13.9. The Hall–Kier alpha value is -2.10. The predicted octanol–water partition coefficient (Wildman–Crippen LogP) is 7.87. The number of unbranched alkanes of at least 4 members (excludes halogenated alkanes) is 1. The topological polar surface area (TPSA) is 0 Å². The highest BCUT2D eigenvalue weighted by atomic mass is 19.4. The van der Waals surface area contributed by atoms with Crippen molar-refractivity contribution < 1.29 is 17.6 Å². The van der Waals surface area contributed by atoms with Gasteiger partial charge in [0, 0.05) is 11.6 Å². The van der Waals surface area contributed by atoms with Crippen LogP contribution in [-0.4, -0.2) is 6.18 Å². The zero-order chi connectivity index (χ0) is 20.6. The molecule has 0 spiro atoms. The molecule has 0 saturated carbocycles. The molecule has 2 aromatic carbocycles. The van der Waals surface area contributed by atoms with Gasteiger partial charge in [-0.3, -0.25) is 0 Å². The lowest BCUT2D eigenvalue weighted by Crippen LogP contribution is -2.00. The Bertz CT molecular complexity index is 757. The van der Waals surface area contributed by atoms with E-state index in [1.165, 1.54) is 36.1 Å². The quantitative estimate of drug-likeness (QED) is 0.301. The lowest BCUT2D eigenvalue weighted by molar-refractivity contribution is -0.0790. The highest BCUT2D eigenvalue weighted by Gasteiger charge is 2.22. The van der Waals surface area contributed by atoms with Gasteiger partial charge in [0.2, 0.25) is 0 Å². The number of rotatable bonds is 9. The van der Waals surface area contributed by atoms with Crippen molar-refractivity contribution in [2.75, 3.05) is 0 Å². The molecule has 28 heavy (non-hydrogen) atoms. The third kappa shape index (κ3) is 7.49. The molecule has 4 heteroatoms.